The van der Waals surface area contributed by atoms with Gasteiger partial charge in [-0.15, -0.1) is 12.6 Å². The Morgan fingerprint density at radius 3 is 2.63 bits per heavy atom. The molecular formula is C21H23FO4S. The topological polar surface area (TPSA) is 71.4 Å². The molecule has 0 aliphatic heterocycles. The molecule has 4 nitrogen and oxygen atoms in total. The zero-order valence-electron chi connectivity index (χ0n) is 15.4. The minimum absolute atomic E-state index is 0.193. The van der Waals surface area contributed by atoms with E-state index in [1.807, 2.05) is 0 Å². The number of hydrogen-bond donors (Lipinski definition) is 2. The van der Waals surface area contributed by atoms with Gasteiger partial charge < -0.3 is 5.11 Å². The van der Waals surface area contributed by atoms with Crippen LogP contribution in [0.3, 0.4) is 0 Å². The first kappa shape index (κ1) is 18.8. The van der Waals surface area contributed by atoms with Crippen LogP contribution < -0.4 is 0 Å². The SMILES string of the molecule is C=C1C[C@H]2[C@@H]3CCC4=CC(=O)C=C[C@]4(C)[C@@]3(F)C(=O)C[C@]2(C)[C@@]1(O)C(=O)S. The highest BCUT2D eigenvalue weighted by molar-refractivity contribution is 7.96. The molecule has 0 aromatic rings. The summed E-state index contributed by atoms with van der Waals surface area (Å²) in [5, 5.41) is 10.4. The van der Waals surface area contributed by atoms with Gasteiger partial charge in [-0.1, -0.05) is 25.2 Å². The number of Topliss-reactive ketones (excluding diaryl/α,β-unsaturated/α-hetero) is 1. The molecule has 6 atom stereocenters. The first-order chi connectivity index (χ1) is 12.4. The summed E-state index contributed by atoms with van der Waals surface area (Å²) in [7, 11) is 0. The van der Waals surface area contributed by atoms with E-state index in [2.05, 4.69) is 19.2 Å². The van der Waals surface area contributed by atoms with Gasteiger partial charge in [0, 0.05) is 23.2 Å². The van der Waals surface area contributed by atoms with Crippen LogP contribution in [0.1, 0.15) is 39.5 Å². The average molecular weight is 390 g/mol. The average Bonchev–Trinajstić information content (AvgIpc) is 2.79. The summed E-state index contributed by atoms with van der Waals surface area (Å²) in [6.07, 6.45) is 5.20. The maximum Gasteiger partial charge on any atom is 0.222 e. The first-order valence-corrected chi connectivity index (χ1v) is 9.68. The van der Waals surface area contributed by atoms with Gasteiger partial charge in [0.15, 0.2) is 22.8 Å². The number of halogens is 1. The Balaban J connectivity index is 1.88. The maximum absolute atomic E-state index is 16.7. The van der Waals surface area contributed by atoms with Crippen LogP contribution in [0, 0.1) is 22.7 Å². The van der Waals surface area contributed by atoms with Crippen molar-refractivity contribution in [3.8, 4) is 0 Å². The number of allylic oxidation sites excluding steroid dienone is 4. The molecule has 6 heteroatoms. The molecule has 1 N–H and O–H groups in total. The van der Waals surface area contributed by atoms with E-state index in [9.17, 15) is 19.5 Å². The lowest BCUT2D eigenvalue weighted by molar-refractivity contribution is -0.178. The van der Waals surface area contributed by atoms with Crippen LogP contribution in [-0.4, -0.2) is 33.1 Å². The summed E-state index contributed by atoms with van der Waals surface area (Å²) in [6.45, 7) is 7.22. The number of hydrogen-bond acceptors (Lipinski definition) is 4. The van der Waals surface area contributed by atoms with Crippen molar-refractivity contribution in [2.24, 2.45) is 22.7 Å². The van der Waals surface area contributed by atoms with Crippen molar-refractivity contribution in [1.82, 2.24) is 0 Å². The van der Waals surface area contributed by atoms with Gasteiger partial charge in [-0.2, -0.15) is 0 Å². The van der Waals surface area contributed by atoms with Gasteiger partial charge in [-0.25, -0.2) is 4.39 Å². The fourth-order valence-corrected chi connectivity index (χ4v) is 6.71. The van der Waals surface area contributed by atoms with Crippen LogP contribution in [0.2, 0.25) is 0 Å². The standard InChI is InChI=1S/C21H23FO4S/c1-11-8-15-14-5-4-12-9-13(23)6-7-18(12,2)20(14,22)16(24)10-19(15,3)21(11,26)17(25)27/h6-7,9,14-15,26H,1,4-5,8,10H2,2-3H3,(H,25,27)/t14-,15-,18-,19-,20-,21-/m0/s1. The number of aliphatic hydroxyl groups is 1. The van der Waals surface area contributed by atoms with E-state index in [4.69, 9.17) is 0 Å². The minimum atomic E-state index is -2.18. The van der Waals surface area contributed by atoms with Crippen molar-refractivity contribution in [3.05, 3.63) is 36.0 Å². The first-order valence-electron chi connectivity index (χ1n) is 9.23. The normalized spacial score (nSPS) is 48.6. The second-order valence-corrected chi connectivity index (χ2v) is 9.32. The molecule has 0 aromatic heterocycles. The molecule has 4 aliphatic carbocycles. The van der Waals surface area contributed by atoms with E-state index in [1.54, 1.807) is 13.8 Å². The Morgan fingerprint density at radius 2 is 2.00 bits per heavy atom. The zero-order valence-corrected chi connectivity index (χ0v) is 16.3. The van der Waals surface area contributed by atoms with Gasteiger partial charge >= 0.3 is 0 Å². The van der Waals surface area contributed by atoms with Gasteiger partial charge in [-0.3, -0.25) is 14.4 Å². The summed E-state index contributed by atoms with van der Waals surface area (Å²) in [4.78, 5) is 37.2. The summed E-state index contributed by atoms with van der Waals surface area (Å²) < 4.78 is 16.7. The quantitative estimate of drug-likeness (QED) is 0.533. The molecule has 4 rings (SSSR count). The lowest BCUT2D eigenvalue weighted by Gasteiger charge is -2.59. The summed E-state index contributed by atoms with van der Waals surface area (Å²) >= 11 is 3.87. The second kappa shape index (κ2) is 5.29. The van der Waals surface area contributed by atoms with Crippen molar-refractivity contribution >= 4 is 29.3 Å². The molecule has 0 saturated heterocycles. The molecule has 0 bridgehead atoms. The van der Waals surface area contributed by atoms with Crippen LogP contribution in [0.5, 0.6) is 0 Å². The van der Waals surface area contributed by atoms with Crippen LogP contribution in [0.25, 0.3) is 0 Å². The van der Waals surface area contributed by atoms with Crippen LogP contribution in [-0.2, 0) is 14.4 Å². The predicted octanol–water partition coefficient (Wildman–Crippen LogP) is 2.92. The number of carbonyl (C=O) groups excluding carboxylic acids is 3. The Kier molecular flexibility index (Phi) is 3.69. The molecular weight excluding hydrogens is 367 g/mol. The fraction of sp³-hybridized carbons (Fsp3) is 0.571. The van der Waals surface area contributed by atoms with Crippen LogP contribution in [0.4, 0.5) is 4.39 Å². The van der Waals surface area contributed by atoms with E-state index in [0.717, 1.165) is 0 Å². The smallest absolute Gasteiger partial charge is 0.222 e. The summed E-state index contributed by atoms with van der Waals surface area (Å²) in [6, 6.07) is 0. The number of alkyl halides is 1. The highest BCUT2D eigenvalue weighted by atomic mass is 32.1. The molecule has 144 valence electrons. The Hall–Kier alpha value is -1.53. The Morgan fingerprint density at radius 1 is 1.33 bits per heavy atom. The van der Waals surface area contributed by atoms with Gasteiger partial charge in [-0.05, 0) is 49.8 Å². The monoisotopic (exact) mass is 390 g/mol. The predicted molar refractivity (Wildman–Crippen MR) is 101 cm³/mol. The molecule has 4 aliphatic rings. The van der Waals surface area contributed by atoms with E-state index in [1.165, 1.54) is 18.2 Å². The highest BCUT2D eigenvalue weighted by Crippen LogP contribution is 2.69. The number of fused-ring (bicyclic) bond motifs is 5. The van der Waals surface area contributed by atoms with E-state index >= 15 is 4.39 Å². The lowest BCUT2D eigenvalue weighted by atomic mass is 9.45. The van der Waals surface area contributed by atoms with Crippen molar-refractivity contribution in [3.63, 3.8) is 0 Å². The molecule has 3 saturated carbocycles. The lowest BCUT2D eigenvalue weighted by Crippen LogP contribution is -2.67. The molecule has 0 unspecified atom stereocenters. The number of carbonyl (C=O) groups is 3. The van der Waals surface area contributed by atoms with E-state index < -0.39 is 44.8 Å². The fourth-order valence-electron chi connectivity index (χ4n) is 6.30. The maximum atomic E-state index is 16.7. The van der Waals surface area contributed by atoms with Crippen molar-refractivity contribution in [1.29, 1.82) is 0 Å². The third-order valence-corrected chi connectivity index (χ3v) is 8.23. The van der Waals surface area contributed by atoms with Crippen molar-refractivity contribution in [2.75, 3.05) is 0 Å². The number of thiol groups is 1. The molecule has 0 aromatic carbocycles. The number of rotatable bonds is 1. The molecule has 0 radical (unpaired) electrons. The number of ketones is 2. The summed E-state index contributed by atoms with van der Waals surface area (Å²) in [5.41, 5.74) is -5.49. The van der Waals surface area contributed by atoms with Gasteiger partial charge in [0.05, 0.1) is 0 Å². The van der Waals surface area contributed by atoms with Crippen LogP contribution in [0.15, 0.2) is 36.0 Å². The second-order valence-electron chi connectivity index (χ2n) is 8.91. The minimum Gasteiger partial charge on any atom is -0.376 e. The van der Waals surface area contributed by atoms with Gasteiger partial charge in [0.25, 0.3) is 0 Å². The highest BCUT2D eigenvalue weighted by Gasteiger charge is 2.75. The van der Waals surface area contributed by atoms with Gasteiger partial charge in [0.2, 0.25) is 5.12 Å². The molecule has 0 heterocycles. The molecule has 0 amide bonds. The molecule has 27 heavy (non-hydrogen) atoms. The van der Waals surface area contributed by atoms with Crippen molar-refractivity contribution < 1.29 is 23.9 Å². The third kappa shape index (κ3) is 1.91. The largest absolute Gasteiger partial charge is 0.376 e. The zero-order chi connectivity index (χ0) is 20.0. The van der Waals surface area contributed by atoms with E-state index in [0.29, 0.717) is 24.0 Å². The van der Waals surface area contributed by atoms with Crippen LogP contribution >= 0.6 is 12.6 Å². The van der Waals surface area contributed by atoms with Crippen molar-refractivity contribution in [2.45, 2.75) is 50.8 Å². The van der Waals surface area contributed by atoms with E-state index in [-0.39, 0.29) is 18.6 Å². The van der Waals surface area contributed by atoms with Gasteiger partial charge in [0.1, 0.15) is 0 Å². The Labute approximate surface area is 163 Å². The molecule has 0 spiro atoms. The molecule has 3 fully saturated rings. The summed E-state index contributed by atoms with van der Waals surface area (Å²) in [5.74, 6) is -1.89. The third-order valence-electron chi connectivity index (χ3n) is 7.91. The Bertz CT molecular complexity index is 875.